The molecule has 1 heterocycles. The maximum absolute atomic E-state index is 10.8. The zero-order valence-electron chi connectivity index (χ0n) is 12.6. The van der Waals surface area contributed by atoms with Crippen molar-refractivity contribution in [3.8, 4) is 17.0 Å². The quantitative estimate of drug-likeness (QED) is 0.388. The number of hydrazone groups is 1. The molecule has 2 aromatic carbocycles. The van der Waals surface area contributed by atoms with Crippen molar-refractivity contribution in [3.63, 3.8) is 0 Å². The minimum Gasteiger partial charge on any atom is -0.502 e. The number of hydrogen-bond donors (Lipinski definition) is 2. The summed E-state index contributed by atoms with van der Waals surface area (Å²) in [4.78, 5) is 14.5. The van der Waals surface area contributed by atoms with Gasteiger partial charge in [-0.05, 0) is 24.3 Å². The first-order chi connectivity index (χ1) is 12.0. The molecule has 0 aliphatic heterocycles. The lowest BCUT2D eigenvalue weighted by molar-refractivity contribution is -0.385. The van der Waals surface area contributed by atoms with Gasteiger partial charge < -0.3 is 5.11 Å². The molecule has 3 rings (SSSR count). The Balaban J connectivity index is 1.70. The van der Waals surface area contributed by atoms with E-state index in [0.29, 0.717) is 15.7 Å². The second-order valence-electron chi connectivity index (χ2n) is 4.92. The number of anilines is 1. The first-order valence-corrected chi connectivity index (χ1v) is 8.26. The van der Waals surface area contributed by atoms with Crippen molar-refractivity contribution in [1.29, 1.82) is 0 Å². The van der Waals surface area contributed by atoms with Gasteiger partial charge in [-0.1, -0.05) is 23.7 Å². The number of aromatic hydroxyl groups is 1. The monoisotopic (exact) mass is 374 g/mol. The molecule has 1 aromatic heterocycles. The van der Waals surface area contributed by atoms with E-state index in [1.54, 1.807) is 12.1 Å². The molecule has 0 aliphatic rings. The predicted octanol–water partition coefficient (Wildman–Crippen LogP) is 4.52. The molecule has 0 saturated heterocycles. The number of aromatic nitrogens is 1. The summed E-state index contributed by atoms with van der Waals surface area (Å²) in [5.74, 6) is -0.386. The zero-order valence-corrected chi connectivity index (χ0v) is 14.2. The first kappa shape index (κ1) is 16.9. The van der Waals surface area contributed by atoms with Gasteiger partial charge >= 0.3 is 5.69 Å². The standard InChI is InChI=1S/C16H11ClN4O3S/c17-12-4-2-11(3-5-12)13-9-25-16(19-13)20-18-8-10-1-6-15(22)14(7-10)21(23)24/h1-9,22H,(H,19,20)/b18-8+. The minimum atomic E-state index is -0.653. The Morgan fingerprint density at radius 3 is 2.76 bits per heavy atom. The Kier molecular flexibility index (Phi) is 4.92. The van der Waals surface area contributed by atoms with Gasteiger partial charge in [0.05, 0.1) is 16.8 Å². The number of nitrogens with one attached hydrogen (secondary N) is 1. The molecule has 25 heavy (non-hydrogen) atoms. The number of phenolic OH excluding ortho intramolecular Hbond substituents is 1. The van der Waals surface area contributed by atoms with Gasteiger partial charge in [-0.15, -0.1) is 11.3 Å². The fraction of sp³-hybridized carbons (Fsp3) is 0. The van der Waals surface area contributed by atoms with Crippen LogP contribution in [-0.2, 0) is 0 Å². The van der Waals surface area contributed by atoms with E-state index in [-0.39, 0.29) is 11.4 Å². The van der Waals surface area contributed by atoms with Crippen LogP contribution < -0.4 is 5.43 Å². The van der Waals surface area contributed by atoms with Crippen LogP contribution in [0.2, 0.25) is 5.02 Å². The lowest BCUT2D eigenvalue weighted by Gasteiger charge is -1.98. The van der Waals surface area contributed by atoms with Crippen LogP contribution in [-0.4, -0.2) is 21.2 Å². The van der Waals surface area contributed by atoms with Crippen LogP contribution in [0.1, 0.15) is 5.56 Å². The third-order valence-electron chi connectivity index (χ3n) is 3.21. The number of nitro benzene ring substituents is 1. The van der Waals surface area contributed by atoms with Crippen LogP contribution in [0.5, 0.6) is 5.75 Å². The molecule has 0 bridgehead atoms. The van der Waals surface area contributed by atoms with Gasteiger partial charge in [-0.3, -0.25) is 15.5 Å². The van der Waals surface area contributed by atoms with Gasteiger partial charge in [0.1, 0.15) is 0 Å². The Labute approximate surface area is 151 Å². The maximum atomic E-state index is 10.8. The Hall–Kier alpha value is -2.97. The molecule has 7 nitrogen and oxygen atoms in total. The van der Waals surface area contributed by atoms with E-state index in [4.69, 9.17) is 11.6 Å². The summed E-state index contributed by atoms with van der Waals surface area (Å²) < 4.78 is 0. The molecular weight excluding hydrogens is 364 g/mol. The van der Waals surface area contributed by atoms with E-state index in [1.165, 1.54) is 35.8 Å². The van der Waals surface area contributed by atoms with Gasteiger partial charge in [0, 0.05) is 27.6 Å². The molecule has 9 heteroatoms. The number of nitrogens with zero attached hydrogens (tertiary/aromatic N) is 3. The minimum absolute atomic E-state index is 0.372. The normalized spacial score (nSPS) is 10.9. The lowest BCUT2D eigenvalue weighted by Crippen LogP contribution is -1.93. The van der Waals surface area contributed by atoms with Crippen LogP contribution in [0, 0.1) is 10.1 Å². The molecule has 126 valence electrons. The summed E-state index contributed by atoms with van der Waals surface area (Å²) >= 11 is 7.24. The maximum Gasteiger partial charge on any atom is 0.311 e. The van der Waals surface area contributed by atoms with Crippen LogP contribution in [0.15, 0.2) is 52.9 Å². The van der Waals surface area contributed by atoms with Crippen LogP contribution >= 0.6 is 22.9 Å². The second kappa shape index (κ2) is 7.29. The molecule has 0 spiro atoms. The molecule has 0 unspecified atom stereocenters. The van der Waals surface area contributed by atoms with E-state index in [9.17, 15) is 15.2 Å². The highest BCUT2D eigenvalue weighted by atomic mass is 35.5. The average molecular weight is 375 g/mol. The molecule has 2 N–H and O–H groups in total. The molecule has 0 saturated carbocycles. The highest BCUT2D eigenvalue weighted by Gasteiger charge is 2.12. The highest BCUT2D eigenvalue weighted by Crippen LogP contribution is 2.27. The summed E-state index contributed by atoms with van der Waals surface area (Å²) in [5.41, 5.74) is 4.61. The largest absolute Gasteiger partial charge is 0.502 e. The Morgan fingerprint density at radius 2 is 2.04 bits per heavy atom. The van der Waals surface area contributed by atoms with Crippen molar-refractivity contribution in [2.75, 3.05) is 5.43 Å². The van der Waals surface area contributed by atoms with E-state index < -0.39 is 4.92 Å². The van der Waals surface area contributed by atoms with Crippen molar-refractivity contribution >= 4 is 40.0 Å². The smallest absolute Gasteiger partial charge is 0.311 e. The SMILES string of the molecule is O=[N+]([O-])c1cc(/C=N/Nc2nc(-c3ccc(Cl)cc3)cs2)ccc1O. The third-order valence-corrected chi connectivity index (χ3v) is 4.21. The number of rotatable bonds is 5. The van der Waals surface area contributed by atoms with Crippen LogP contribution in [0.3, 0.4) is 0 Å². The Morgan fingerprint density at radius 1 is 1.28 bits per heavy atom. The summed E-state index contributed by atoms with van der Waals surface area (Å²) in [6, 6.07) is 11.3. The van der Waals surface area contributed by atoms with Gasteiger partial charge in [0.15, 0.2) is 5.75 Å². The molecule has 0 atom stereocenters. The van der Waals surface area contributed by atoms with Gasteiger partial charge in [-0.25, -0.2) is 4.98 Å². The van der Waals surface area contributed by atoms with Crippen LogP contribution in [0.25, 0.3) is 11.3 Å². The zero-order chi connectivity index (χ0) is 17.8. The van der Waals surface area contributed by atoms with E-state index in [2.05, 4.69) is 15.5 Å². The molecular formula is C16H11ClN4O3S. The summed E-state index contributed by atoms with van der Waals surface area (Å²) in [5, 5.41) is 27.3. The summed E-state index contributed by atoms with van der Waals surface area (Å²) in [7, 11) is 0. The van der Waals surface area contributed by atoms with E-state index in [0.717, 1.165) is 11.3 Å². The van der Waals surface area contributed by atoms with E-state index in [1.807, 2.05) is 17.5 Å². The summed E-state index contributed by atoms with van der Waals surface area (Å²) in [6.07, 6.45) is 1.41. The molecule has 0 aliphatic carbocycles. The fourth-order valence-corrected chi connectivity index (χ4v) is 2.80. The molecule has 0 amide bonds. The van der Waals surface area contributed by atoms with Crippen molar-refractivity contribution in [2.24, 2.45) is 5.10 Å². The second-order valence-corrected chi connectivity index (χ2v) is 6.21. The Bertz CT molecular complexity index is 941. The number of halogens is 1. The summed E-state index contributed by atoms with van der Waals surface area (Å²) in [6.45, 7) is 0. The topological polar surface area (TPSA) is 101 Å². The number of thiazole rings is 1. The predicted molar refractivity (Wildman–Crippen MR) is 98.5 cm³/mol. The number of hydrogen-bond acceptors (Lipinski definition) is 7. The number of nitro groups is 1. The van der Waals surface area contributed by atoms with Crippen molar-refractivity contribution < 1.29 is 10.0 Å². The first-order valence-electron chi connectivity index (χ1n) is 7.01. The molecule has 0 fully saturated rings. The third kappa shape index (κ3) is 4.11. The van der Waals surface area contributed by atoms with Crippen LogP contribution in [0.4, 0.5) is 10.8 Å². The van der Waals surface area contributed by atoms with E-state index >= 15 is 0 Å². The molecule has 0 radical (unpaired) electrons. The van der Waals surface area contributed by atoms with Crippen molar-refractivity contribution in [2.45, 2.75) is 0 Å². The average Bonchev–Trinajstić information content (AvgIpc) is 3.05. The highest BCUT2D eigenvalue weighted by molar-refractivity contribution is 7.14. The fourth-order valence-electron chi connectivity index (χ4n) is 2.01. The molecule has 3 aromatic rings. The lowest BCUT2D eigenvalue weighted by atomic mass is 10.2. The number of benzene rings is 2. The van der Waals surface area contributed by atoms with Gasteiger partial charge in [-0.2, -0.15) is 5.10 Å². The van der Waals surface area contributed by atoms with Crippen molar-refractivity contribution in [1.82, 2.24) is 4.98 Å². The van der Waals surface area contributed by atoms with Gasteiger partial charge in [0.2, 0.25) is 5.13 Å². The van der Waals surface area contributed by atoms with Gasteiger partial charge in [0.25, 0.3) is 0 Å². The van der Waals surface area contributed by atoms with Crippen molar-refractivity contribution in [3.05, 3.63) is 68.5 Å². The number of phenols is 1.